The smallest absolute Gasteiger partial charge is 0.241 e. The van der Waals surface area contributed by atoms with Crippen LogP contribution in [0.2, 0.25) is 0 Å². The molecule has 132 valence electrons. The van der Waals surface area contributed by atoms with Gasteiger partial charge in [0, 0.05) is 29.6 Å². The molecular formula is C18H24F2N2O2. The van der Waals surface area contributed by atoms with Crippen molar-refractivity contribution in [3.05, 3.63) is 35.4 Å². The predicted octanol–water partition coefficient (Wildman–Crippen LogP) is 2.67. The number of carbonyl (C=O) groups excluding carboxylic acids is 1. The molecule has 3 N–H and O–H groups in total. The number of hydrogen-bond acceptors (Lipinski definition) is 3. The molecule has 1 heterocycles. The van der Waals surface area contributed by atoms with E-state index < -0.39 is 28.6 Å². The minimum Gasteiger partial charge on any atom is -0.377 e. The Bertz CT molecular complexity index is 664. The highest BCUT2D eigenvalue weighted by molar-refractivity contribution is 5.89. The van der Waals surface area contributed by atoms with E-state index in [1.807, 2.05) is 13.8 Å². The third kappa shape index (κ3) is 2.35. The van der Waals surface area contributed by atoms with E-state index in [1.54, 1.807) is 6.92 Å². The summed E-state index contributed by atoms with van der Waals surface area (Å²) in [4.78, 5) is 12.9. The fraction of sp³-hybridized carbons (Fsp3) is 0.611. The molecule has 4 nitrogen and oxygen atoms in total. The van der Waals surface area contributed by atoms with Crippen LogP contribution in [0.25, 0.3) is 0 Å². The molecule has 1 saturated carbocycles. The molecule has 1 aliphatic carbocycles. The second-order valence-electron chi connectivity index (χ2n) is 7.49. The number of hydrogen-bond donors (Lipinski definition) is 2. The molecule has 4 atom stereocenters. The third-order valence-corrected chi connectivity index (χ3v) is 5.84. The zero-order valence-corrected chi connectivity index (χ0v) is 14.2. The standard InChI is InChI=1S/C18H24F2N2O2/c1-10(12-7-6-11(19)9-14(12)20)22-16(23)18(21)13-5-4-8-24-15(13)17(18,2)3/h6-7,9-10,13,15H,4-5,8,21H2,1-3H3,(H,22,23). The van der Waals surface area contributed by atoms with Crippen molar-refractivity contribution >= 4 is 5.91 Å². The normalized spacial score (nSPS) is 32.4. The molecule has 1 aromatic carbocycles. The Morgan fingerprint density at radius 1 is 1.42 bits per heavy atom. The summed E-state index contributed by atoms with van der Waals surface area (Å²) < 4.78 is 32.8. The van der Waals surface area contributed by atoms with E-state index >= 15 is 0 Å². The van der Waals surface area contributed by atoms with Gasteiger partial charge in [-0.15, -0.1) is 0 Å². The second kappa shape index (κ2) is 5.77. The molecular weight excluding hydrogens is 314 g/mol. The number of halogens is 2. The summed E-state index contributed by atoms with van der Waals surface area (Å²) in [7, 11) is 0. The van der Waals surface area contributed by atoms with Crippen LogP contribution < -0.4 is 11.1 Å². The molecule has 0 radical (unpaired) electrons. The molecule has 24 heavy (non-hydrogen) atoms. The first-order valence-corrected chi connectivity index (χ1v) is 8.36. The van der Waals surface area contributed by atoms with Gasteiger partial charge < -0.3 is 15.8 Å². The largest absolute Gasteiger partial charge is 0.377 e. The molecule has 1 amide bonds. The minimum absolute atomic E-state index is 0.0279. The lowest BCUT2D eigenvalue weighted by molar-refractivity contribution is -0.225. The van der Waals surface area contributed by atoms with E-state index in [4.69, 9.17) is 10.5 Å². The summed E-state index contributed by atoms with van der Waals surface area (Å²) >= 11 is 0. The van der Waals surface area contributed by atoms with Crippen molar-refractivity contribution < 1.29 is 18.3 Å². The Kier molecular flexibility index (Phi) is 4.16. The zero-order valence-electron chi connectivity index (χ0n) is 14.2. The first kappa shape index (κ1) is 17.3. The number of ether oxygens (including phenoxy) is 1. The van der Waals surface area contributed by atoms with Crippen molar-refractivity contribution in [3.63, 3.8) is 0 Å². The van der Waals surface area contributed by atoms with Gasteiger partial charge in [0.1, 0.15) is 17.2 Å². The van der Waals surface area contributed by atoms with Crippen LogP contribution in [0.5, 0.6) is 0 Å². The van der Waals surface area contributed by atoms with E-state index in [0.29, 0.717) is 6.61 Å². The van der Waals surface area contributed by atoms with Crippen molar-refractivity contribution in [1.82, 2.24) is 5.32 Å². The molecule has 6 heteroatoms. The van der Waals surface area contributed by atoms with E-state index in [-0.39, 0.29) is 23.5 Å². The first-order valence-electron chi connectivity index (χ1n) is 8.36. The van der Waals surface area contributed by atoms with Gasteiger partial charge in [-0.2, -0.15) is 0 Å². The number of nitrogens with one attached hydrogen (secondary N) is 1. The predicted molar refractivity (Wildman–Crippen MR) is 86.1 cm³/mol. The first-order chi connectivity index (χ1) is 11.2. The highest BCUT2D eigenvalue weighted by Gasteiger charge is 2.70. The van der Waals surface area contributed by atoms with Crippen LogP contribution >= 0.6 is 0 Å². The second-order valence-corrected chi connectivity index (χ2v) is 7.49. The van der Waals surface area contributed by atoms with Crippen LogP contribution in [0.15, 0.2) is 18.2 Å². The van der Waals surface area contributed by atoms with Gasteiger partial charge >= 0.3 is 0 Å². The summed E-state index contributed by atoms with van der Waals surface area (Å²) in [5, 5.41) is 2.81. The zero-order chi connectivity index (χ0) is 17.7. The molecule has 2 aliphatic rings. The van der Waals surface area contributed by atoms with Crippen molar-refractivity contribution in [2.24, 2.45) is 17.1 Å². The van der Waals surface area contributed by atoms with E-state index in [2.05, 4.69) is 5.32 Å². The van der Waals surface area contributed by atoms with Gasteiger partial charge in [0.15, 0.2) is 0 Å². The van der Waals surface area contributed by atoms with Gasteiger partial charge in [0.05, 0.1) is 12.1 Å². The molecule has 1 aromatic rings. The molecule has 3 rings (SSSR count). The summed E-state index contributed by atoms with van der Waals surface area (Å²) in [5.41, 5.74) is 5.21. The monoisotopic (exact) mass is 338 g/mol. The molecule has 1 saturated heterocycles. The molecule has 2 fully saturated rings. The summed E-state index contributed by atoms with van der Waals surface area (Å²) in [6, 6.07) is 2.74. The van der Waals surface area contributed by atoms with Crippen LogP contribution in [0, 0.1) is 23.0 Å². The van der Waals surface area contributed by atoms with Crippen LogP contribution in [-0.2, 0) is 9.53 Å². The maximum atomic E-state index is 13.9. The third-order valence-electron chi connectivity index (χ3n) is 5.84. The lowest BCUT2D eigenvalue weighted by Crippen LogP contribution is -2.82. The van der Waals surface area contributed by atoms with E-state index in [9.17, 15) is 13.6 Å². The molecule has 4 unspecified atom stereocenters. The fourth-order valence-corrected chi connectivity index (χ4v) is 4.28. The Morgan fingerprint density at radius 2 is 2.12 bits per heavy atom. The van der Waals surface area contributed by atoms with Crippen LogP contribution in [-0.4, -0.2) is 24.2 Å². The Hall–Kier alpha value is -1.53. The summed E-state index contributed by atoms with van der Waals surface area (Å²) in [6.45, 7) is 6.22. The maximum absolute atomic E-state index is 13.9. The maximum Gasteiger partial charge on any atom is 0.241 e. The fourth-order valence-electron chi connectivity index (χ4n) is 4.28. The Balaban J connectivity index is 1.79. The highest BCUT2D eigenvalue weighted by atomic mass is 19.1. The lowest BCUT2D eigenvalue weighted by atomic mass is 9.46. The molecule has 0 spiro atoms. The molecule has 0 bridgehead atoms. The van der Waals surface area contributed by atoms with Crippen LogP contribution in [0.3, 0.4) is 0 Å². The molecule has 0 aromatic heterocycles. The number of nitrogens with two attached hydrogens (primary N) is 1. The average molecular weight is 338 g/mol. The number of carbonyl (C=O) groups is 1. The Morgan fingerprint density at radius 3 is 2.79 bits per heavy atom. The number of rotatable bonds is 3. The number of benzene rings is 1. The lowest BCUT2D eigenvalue weighted by Gasteiger charge is -2.65. The Labute approximate surface area is 140 Å². The van der Waals surface area contributed by atoms with Crippen LogP contribution in [0.1, 0.15) is 45.2 Å². The van der Waals surface area contributed by atoms with Crippen LogP contribution in [0.4, 0.5) is 8.78 Å². The van der Waals surface area contributed by atoms with Crippen molar-refractivity contribution in [3.8, 4) is 0 Å². The SMILES string of the molecule is CC(NC(=O)C1(N)C2CCCOC2C1(C)C)c1ccc(F)cc1F. The minimum atomic E-state index is -1.05. The van der Waals surface area contributed by atoms with E-state index in [0.717, 1.165) is 18.9 Å². The number of fused-ring (bicyclic) bond motifs is 1. The topological polar surface area (TPSA) is 64.4 Å². The average Bonchev–Trinajstić information content (AvgIpc) is 2.53. The van der Waals surface area contributed by atoms with Gasteiger partial charge in [-0.05, 0) is 25.8 Å². The summed E-state index contributed by atoms with van der Waals surface area (Å²) in [5.74, 6) is -1.67. The highest BCUT2D eigenvalue weighted by Crippen LogP contribution is 2.57. The van der Waals surface area contributed by atoms with Gasteiger partial charge in [0.2, 0.25) is 5.91 Å². The quantitative estimate of drug-likeness (QED) is 0.891. The van der Waals surface area contributed by atoms with E-state index in [1.165, 1.54) is 12.1 Å². The van der Waals surface area contributed by atoms with Gasteiger partial charge in [-0.25, -0.2) is 8.78 Å². The van der Waals surface area contributed by atoms with Crippen molar-refractivity contribution in [2.45, 2.75) is 51.3 Å². The van der Waals surface area contributed by atoms with Gasteiger partial charge in [-0.1, -0.05) is 19.9 Å². The summed E-state index contributed by atoms with van der Waals surface area (Å²) in [6.07, 6.45) is 1.70. The van der Waals surface area contributed by atoms with Crippen molar-refractivity contribution in [2.75, 3.05) is 6.61 Å². The van der Waals surface area contributed by atoms with Gasteiger partial charge in [0.25, 0.3) is 0 Å². The number of amides is 1. The van der Waals surface area contributed by atoms with Crippen molar-refractivity contribution in [1.29, 1.82) is 0 Å². The molecule has 1 aliphatic heterocycles. The van der Waals surface area contributed by atoms with Gasteiger partial charge in [-0.3, -0.25) is 4.79 Å².